The van der Waals surface area contributed by atoms with Crippen LogP contribution in [-0.2, 0) is 9.59 Å². The van der Waals surface area contributed by atoms with Crippen molar-refractivity contribution in [1.82, 2.24) is 5.43 Å². The maximum Gasteiger partial charge on any atom is 0.273 e. The van der Waals surface area contributed by atoms with Crippen LogP contribution >= 0.6 is 27.5 Å². The molecule has 0 saturated heterocycles. The third-order valence-electron chi connectivity index (χ3n) is 3.39. The van der Waals surface area contributed by atoms with Crippen LogP contribution in [0.2, 0.25) is 5.02 Å². The molecule has 2 amide bonds. The average molecular weight is 407 g/mol. The molecule has 0 spiro atoms. The van der Waals surface area contributed by atoms with Crippen molar-refractivity contribution in [1.29, 1.82) is 0 Å². The number of hydrogen-bond acceptors (Lipinski definition) is 3. The molecule has 0 saturated carbocycles. The monoisotopic (exact) mass is 405 g/mol. The fraction of sp³-hybridized carbons (Fsp3) is 0.0588. The van der Waals surface area contributed by atoms with Crippen LogP contribution in [0, 0.1) is 0 Å². The zero-order valence-corrected chi connectivity index (χ0v) is 14.8. The largest absolute Gasteiger partial charge is 0.321 e. The van der Waals surface area contributed by atoms with E-state index in [2.05, 4.69) is 26.7 Å². The van der Waals surface area contributed by atoms with Crippen molar-refractivity contribution in [3.63, 3.8) is 0 Å². The van der Waals surface area contributed by atoms with Crippen molar-refractivity contribution in [2.75, 3.05) is 10.3 Å². The van der Waals surface area contributed by atoms with Crippen LogP contribution in [0.1, 0.15) is 6.42 Å². The van der Waals surface area contributed by atoms with E-state index in [-0.39, 0.29) is 18.2 Å². The van der Waals surface area contributed by atoms with Crippen molar-refractivity contribution in [2.45, 2.75) is 6.42 Å². The van der Waals surface area contributed by atoms with E-state index in [4.69, 9.17) is 11.6 Å². The van der Waals surface area contributed by atoms with Gasteiger partial charge in [0.15, 0.2) is 0 Å². The lowest BCUT2D eigenvalue weighted by Crippen LogP contribution is -2.47. The minimum Gasteiger partial charge on any atom is -0.321 e. The van der Waals surface area contributed by atoms with Gasteiger partial charge in [-0.25, -0.2) is 5.01 Å². The molecule has 0 atom stereocenters. The second-order valence-electron chi connectivity index (χ2n) is 5.10. The minimum absolute atomic E-state index is 0.138. The van der Waals surface area contributed by atoms with E-state index in [1.807, 2.05) is 12.1 Å². The first kappa shape index (κ1) is 16.5. The maximum atomic E-state index is 12.4. The van der Waals surface area contributed by atoms with Crippen molar-refractivity contribution >= 4 is 50.7 Å². The highest BCUT2D eigenvalue weighted by molar-refractivity contribution is 9.10. The van der Waals surface area contributed by atoms with Crippen molar-refractivity contribution in [2.24, 2.45) is 0 Å². The highest BCUT2D eigenvalue weighted by atomic mass is 79.9. The Balaban J connectivity index is 1.74. The van der Waals surface area contributed by atoms with Gasteiger partial charge in [-0.2, -0.15) is 0 Å². The van der Waals surface area contributed by atoms with Gasteiger partial charge in [0.25, 0.3) is 5.91 Å². The fourth-order valence-electron chi connectivity index (χ4n) is 2.18. The number of carbonyl (C=O) groups excluding carboxylic acids is 2. The number of anilines is 2. The van der Waals surface area contributed by atoms with E-state index < -0.39 is 0 Å². The molecule has 2 aromatic carbocycles. The zero-order chi connectivity index (χ0) is 17.1. The minimum atomic E-state index is -0.316. The van der Waals surface area contributed by atoms with Gasteiger partial charge in [-0.3, -0.25) is 15.0 Å². The summed E-state index contributed by atoms with van der Waals surface area (Å²) in [6.45, 7) is 0. The summed E-state index contributed by atoms with van der Waals surface area (Å²) < 4.78 is 0.926. The number of amides is 2. The highest BCUT2D eigenvalue weighted by Gasteiger charge is 2.24. The maximum absolute atomic E-state index is 12.4. The van der Waals surface area contributed by atoms with E-state index in [1.165, 1.54) is 5.01 Å². The molecule has 0 aliphatic carbocycles. The molecule has 2 N–H and O–H groups in total. The van der Waals surface area contributed by atoms with Gasteiger partial charge >= 0.3 is 0 Å². The van der Waals surface area contributed by atoms with Gasteiger partial charge in [0.2, 0.25) is 5.91 Å². The zero-order valence-electron chi connectivity index (χ0n) is 12.4. The Morgan fingerprint density at radius 2 is 1.79 bits per heavy atom. The number of hydrazine groups is 1. The second-order valence-corrected chi connectivity index (χ2v) is 6.45. The molecule has 5 nitrogen and oxygen atoms in total. The fourth-order valence-corrected chi connectivity index (χ4v) is 2.57. The molecule has 0 bridgehead atoms. The van der Waals surface area contributed by atoms with Crippen LogP contribution in [0.25, 0.3) is 0 Å². The highest BCUT2D eigenvalue weighted by Crippen LogP contribution is 2.21. The van der Waals surface area contributed by atoms with E-state index in [9.17, 15) is 9.59 Å². The summed E-state index contributed by atoms with van der Waals surface area (Å²) in [4.78, 5) is 24.5. The first-order valence-electron chi connectivity index (χ1n) is 7.15. The summed E-state index contributed by atoms with van der Waals surface area (Å²) in [5.41, 5.74) is 4.45. The van der Waals surface area contributed by atoms with Gasteiger partial charge in [-0.1, -0.05) is 27.5 Å². The molecule has 1 aliphatic heterocycles. The molecule has 7 heteroatoms. The number of halogens is 2. The van der Waals surface area contributed by atoms with Gasteiger partial charge in [0.1, 0.15) is 5.70 Å². The Morgan fingerprint density at radius 1 is 1.12 bits per heavy atom. The number of nitrogens with one attached hydrogen (secondary N) is 2. The summed E-state index contributed by atoms with van der Waals surface area (Å²) in [5, 5.41) is 4.70. The average Bonchev–Trinajstić information content (AvgIpc) is 2.58. The normalized spacial score (nSPS) is 14.0. The molecule has 0 unspecified atom stereocenters. The van der Waals surface area contributed by atoms with Gasteiger partial charge in [-0.05, 0) is 54.6 Å². The Bertz CT molecular complexity index is 804. The molecule has 2 aromatic rings. The van der Waals surface area contributed by atoms with E-state index in [0.29, 0.717) is 22.1 Å². The van der Waals surface area contributed by atoms with Gasteiger partial charge in [-0.15, -0.1) is 0 Å². The molecule has 0 fully saturated rings. The third kappa shape index (κ3) is 3.77. The summed E-state index contributed by atoms with van der Waals surface area (Å²) in [5.74, 6) is -0.471. The quantitative estimate of drug-likeness (QED) is 0.813. The van der Waals surface area contributed by atoms with E-state index in [0.717, 1.165) is 4.47 Å². The van der Waals surface area contributed by atoms with E-state index >= 15 is 0 Å². The first-order valence-corrected chi connectivity index (χ1v) is 8.32. The lowest BCUT2D eigenvalue weighted by atomic mass is 10.2. The van der Waals surface area contributed by atoms with E-state index in [1.54, 1.807) is 42.5 Å². The van der Waals surface area contributed by atoms with Crippen LogP contribution < -0.4 is 15.8 Å². The Labute approximate surface area is 152 Å². The number of carbonyl (C=O) groups is 2. The molecule has 122 valence electrons. The molecular formula is C17H13BrClN3O2. The van der Waals surface area contributed by atoms with Crippen molar-refractivity contribution in [3.05, 3.63) is 69.8 Å². The third-order valence-corrected chi connectivity index (χ3v) is 4.17. The SMILES string of the molecule is O=C(Nc1ccc(Br)cc1)C1=CCC(=O)N(c2ccc(Cl)cc2)N1. The van der Waals surface area contributed by atoms with Crippen LogP contribution in [0.15, 0.2) is 64.8 Å². The van der Waals surface area contributed by atoms with Crippen molar-refractivity contribution in [3.8, 4) is 0 Å². The molecule has 3 rings (SSSR count). The summed E-state index contributed by atoms with van der Waals surface area (Å²) in [6.07, 6.45) is 1.71. The van der Waals surface area contributed by atoms with Gasteiger partial charge in [0, 0.05) is 21.6 Å². The smallest absolute Gasteiger partial charge is 0.273 e. The topological polar surface area (TPSA) is 61.4 Å². The standard InChI is InChI=1S/C17H13BrClN3O2/c18-11-1-5-13(6-2-11)20-17(24)15-9-10-16(23)22(21-15)14-7-3-12(19)4-8-14/h1-9,21H,10H2,(H,20,24). The van der Waals surface area contributed by atoms with Crippen LogP contribution in [0.5, 0.6) is 0 Å². The first-order chi connectivity index (χ1) is 11.5. The molecule has 1 heterocycles. The predicted molar refractivity (Wildman–Crippen MR) is 97.5 cm³/mol. The molecular weight excluding hydrogens is 394 g/mol. The Morgan fingerprint density at radius 3 is 2.46 bits per heavy atom. The molecule has 0 aromatic heterocycles. The summed E-state index contributed by atoms with van der Waals surface area (Å²) in [7, 11) is 0. The Hall–Kier alpha value is -2.31. The van der Waals surface area contributed by atoms with Crippen LogP contribution in [-0.4, -0.2) is 11.8 Å². The summed E-state index contributed by atoms with van der Waals surface area (Å²) in [6, 6.07) is 14.0. The molecule has 24 heavy (non-hydrogen) atoms. The predicted octanol–water partition coefficient (Wildman–Crippen LogP) is 3.87. The summed E-state index contributed by atoms with van der Waals surface area (Å²) >= 11 is 9.21. The second kappa shape index (κ2) is 7.07. The molecule has 0 radical (unpaired) electrons. The number of benzene rings is 2. The lowest BCUT2D eigenvalue weighted by molar-refractivity contribution is -0.119. The number of nitrogens with zero attached hydrogens (tertiary/aromatic N) is 1. The number of hydrogen-bond donors (Lipinski definition) is 2. The van der Waals surface area contributed by atoms with Crippen LogP contribution in [0.4, 0.5) is 11.4 Å². The van der Waals surface area contributed by atoms with Crippen LogP contribution in [0.3, 0.4) is 0 Å². The number of rotatable bonds is 3. The molecule has 1 aliphatic rings. The van der Waals surface area contributed by atoms with Crippen molar-refractivity contribution < 1.29 is 9.59 Å². The lowest BCUT2D eigenvalue weighted by Gasteiger charge is -2.28. The van der Waals surface area contributed by atoms with Gasteiger partial charge in [0.05, 0.1) is 5.69 Å². The van der Waals surface area contributed by atoms with Gasteiger partial charge < -0.3 is 5.32 Å². The Kier molecular flexibility index (Phi) is 4.87.